The summed E-state index contributed by atoms with van der Waals surface area (Å²) in [6.45, 7) is 0. The van der Waals surface area contributed by atoms with E-state index in [2.05, 4.69) is 21.8 Å². The van der Waals surface area contributed by atoms with Crippen molar-refractivity contribution in [2.24, 2.45) is 0 Å². The molecule has 2 aromatic rings. The van der Waals surface area contributed by atoms with E-state index in [1.54, 1.807) is 18.5 Å². The molecule has 0 amide bonds. The Labute approximate surface area is 91.2 Å². The molecule has 14 heavy (non-hydrogen) atoms. The average molecular weight is 225 g/mol. The van der Waals surface area contributed by atoms with Crippen molar-refractivity contribution in [1.29, 1.82) is 0 Å². The van der Waals surface area contributed by atoms with Gasteiger partial charge in [-0.2, -0.15) is 0 Å². The number of rotatable bonds is 0. The largest absolute Gasteiger partial charge is 0.345 e. The molecule has 0 aliphatic rings. The van der Waals surface area contributed by atoms with Crippen LogP contribution in [0.25, 0.3) is 11.0 Å². The minimum atomic E-state index is 0.310. The first kappa shape index (κ1) is 9.39. The molecule has 2 aromatic heterocycles. The fourth-order valence-electron chi connectivity index (χ4n) is 1.24. The SMILES string of the molecule is ClCC#Cc1c[nH]c2nccc(Cl)c12. The van der Waals surface area contributed by atoms with Crippen molar-refractivity contribution >= 4 is 34.2 Å². The minimum Gasteiger partial charge on any atom is -0.345 e. The molecule has 0 aliphatic carbocycles. The van der Waals surface area contributed by atoms with E-state index in [1.165, 1.54) is 0 Å². The molecule has 2 heterocycles. The number of nitrogens with one attached hydrogen (secondary N) is 1. The smallest absolute Gasteiger partial charge is 0.140 e. The van der Waals surface area contributed by atoms with Crippen LogP contribution < -0.4 is 0 Å². The number of aromatic nitrogens is 2. The molecule has 2 nitrogen and oxygen atoms in total. The lowest BCUT2D eigenvalue weighted by atomic mass is 10.2. The van der Waals surface area contributed by atoms with E-state index in [0.717, 1.165) is 16.6 Å². The molecule has 0 bridgehead atoms. The molecule has 0 fully saturated rings. The highest BCUT2D eigenvalue weighted by Crippen LogP contribution is 2.23. The molecule has 0 radical (unpaired) electrons. The van der Waals surface area contributed by atoms with Crippen LogP contribution in [-0.4, -0.2) is 15.8 Å². The normalized spacial score (nSPS) is 9.86. The molecule has 2 rings (SSSR count). The Morgan fingerprint density at radius 1 is 1.50 bits per heavy atom. The fraction of sp³-hybridized carbons (Fsp3) is 0.100. The molecule has 0 aromatic carbocycles. The van der Waals surface area contributed by atoms with Gasteiger partial charge in [-0.15, -0.1) is 11.6 Å². The van der Waals surface area contributed by atoms with Gasteiger partial charge in [0, 0.05) is 12.4 Å². The van der Waals surface area contributed by atoms with Crippen molar-refractivity contribution < 1.29 is 0 Å². The number of pyridine rings is 1. The Morgan fingerprint density at radius 3 is 3.14 bits per heavy atom. The predicted octanol–water partition coefficient (Wildman–Crippen LogP) is 2.81. The first-order valence-electron chi connectivity index (χ1n) is 3.99. The molecular formula is C10H6Cl2N2. The van der Waals surface area contributed by atoms with Gasteiger partial charge in [-0.05, 0) is 6.07 Å². The Bertz CT molecular complexity index is 520. The van der Waals surface area contributed by atoms with Gasteiger partial charge in [-0.3, -0.25) is 0 Å². The maximum Gasteiger partial charge on any atom is 0.140 e. The van der Waals surface area contributed by atoms with E-state index in [9.17, 15) is 0 Å². The second kappa shape index (κ2) is 3.91. The summed E-state index contributed by atoms with van der Waals surface area (Å²) in [7, 11) is 0. The molecule has 0 spiro atoms. The summed E-state index contributed by atoms with van der Waals surface area (Å²) in [5, 5.41) is 1.50. The van der Waals surface area contributed by atoms with E-state index in [-0.39, 0.29) is 0 Å². The molecule has 4 heteroatoms. The lowest BCUT2D eigenvalue weighted by Gasteiger charge is -1.92. The highest BCUT2D eigenvalue weighted by Gasteiger charge is 2.05. The van der Waals surface area contributed by atoms with Gasteiger partial charge >= 0.3 is 0 Å². The molecule has 0 saturated heterocycles. The van der Waals surface area contributed by atoms with Gasteiger partial charge in [0.1, 0.15) is 5.65 Å². The zero-order valence-electron chi connectivity index (χ0n) is 7.14. The standard InChI is InChI=1S/C10H6Cl2N2/c11-4-1-2-7-6-14-10-9(7)8(12)3-5-13-10/h3,5-6H,4H2,(H,13,14). The van der Waals surface area contributed by atoms with Gasteiger partial charge in [0.2, 0.25) is 0 Å². The van der Waals surface area contributed by atoms with E-state index in [1.807, 2.05) is 0 Å². The third-order valence-electron chi connectivity index (χ3n) is 1.81. The lowest BCUT2D eigenvalue weighted by molar-refractivity contribution is 1.33. The first-order valence-corrected chi connectivity index (χ1v) is 4.90. The third-order valence-corrected chi connectivity index (χ3v) is 2.26. The number of H-pyrrole nitrogens is 1. The molecule has 0 aliphatic heterocycles. The van der Waals surface area contributed by atoms with E-state index < -0.39 is 0 Å². The summed E-state index contributed by atoms with van der Waals surface area (Å²) in [5.41, 5.74) is 1.58. The summed E-state index contributed by atoms with van der Waals surface area (Å²) >= 11 is 11.5. The number of fused-ring (bicyclic) bond motifs is 1. The van der Waals surface area contributed by atoms with Crippen LogP contribution in [-0.2, 0) is 0 Å². The van der Waals surface area contributed by atoms with Crippen LogP contribution in [0.1, 0.15) is 5.56 Å². The maximum atomic E-state index is 6.02. The molecule has 70 valence electrons. The van der Waals surface area contributed by atoms with Crippen molar-refractivity contribution in [2.75, 3.05) is 5.88 Å². The van der Waals surface area contributed by atoms with Crippen molar-refractivity contribution in [1.82, 2.24) is 9.97 Å². The van der Waals surface area contributed by atoms with Crippen LogP contribution in [0.4, 0.5) is 0 Å². The number of hydrogen-bond donors (Lipinski definition) is 1. The van der Waals surface area contributed by atoms with E-state index in [0.29, 0.717) is 10.9 Å². The zero-order chi connectivity index (χ0) is 9.97. The molecule has 0 unspecified atom stereocenters. The molecule has 1 N–H and O–H groups in total. The maximum absolute atomic E-state index is 6.02. The van der Waals surface area contributed by atoms with Crippen LogP contribution in [0.2, 0.25) is 5.02 Å². The van der Waals surface area contributed by atoms with Crippen molar-refractivity contribution in [3.8, 4) is 11.8 Å². The summed E-state index contributed by atoms with van der Waals surface area (Å²) in [6.07, 6.45) is 3.43. The number of halogens is 2. The van der Waals surface area contributed by atoms with E-state index >= 15 is 0 Å². The molecule has 0 atom stereocenters. The van der Waals surface area contributed by atoms with Gasteiger partial charge in [0.25, 0.3) is 0 Å². The topological polar surface area (TPSA) is 28.7 Å². The fourth-order valence-corrected chi connectivity index (χ4v) is 1.56. The quantitative estimate of drug-likeness (QED) is 0.542. The average Bonchev–Trinajstić information content (AvgIpc) is 2.59. The van der Waals surface area contributed by atoms with Crippen LogP contribution in [0, 0.1) is 11.8 Å². The van der Waals surface area contributed by atoms with Crippen molar-refractivity contribution in [2.45, 2.75) is 0 Å². The van der Waals surface area contributed by atoms with Gasteiger partial charge in [-0.25, -0.2) is 4.98 Å². The zero-order valence-corrected chi connectivity index (χ0v) is 8.65. The Morgan fingerprint density at radius 2 is 2.36 bits per heavy atom. The Kier molecular flexibility index (Phi) is 2.62. The Hall–Kier alpha value is -1.17. The second-order valence-electron chi connectivity index (χ2n) is 2.65. The summed E-state index contributed by atoms with van der Waals surface area (Å²) in [4.78, 5) is 7.13. The third kappa shape index (κ3) is 1.57. The predicted molar refractivity (Wildman–Crippen MR) is 58.7 cm³/mol. The Balaban J connectivity index is 2.67. The van der Waals surface area contributed by atoms with Crippen LogP contribution >= 0.6 is 23.2 Å². The van der Waals surface area contributed by atoms with Gasteiger partial charge in [0.05, 0.1) is 21.9 Å². The number of alkyl halides is 1. The first-order chi connectivity index (χ1) is 6.83. The molecule has 0 saturated carbocycles. The van der Waals surface area contributed by atoms with Crippen molar-refractivity contribution in [3.63, 3.8) is 0 Å². The van der Waals surface area contributed by atoms with Gasteiger partial charge in [0.15, 0.2) is 0 Å². The summed E-state index contributed by atoms with van der Waals surface area (Å²) in [5.74, 6) is 6.01. The van der Waals surface area contributed by atoms with Crippen LogP contribution in [0.3, 0.4) is 0 Å². The van der Waals surface area contributed by atoms with Crippen LogP contribution in [0.15, 0.2) is 18.5 Å². The lowest BCUT2D eigenvalue weighted by Crippen LogP contribution is -1.77. The molecular weight excluding hydrogens is 219 g/mol. The minimum absolute atomic E-state index is 0.310. The number of hydrogen-bond acceptors (Lipinski definition) is 1. The second-order valence-corrected chi connectivity index (χ2v) is 3.33. The highest BCUT2D eigenvalue weighted by atomic mass is 35.5. The summed E-state index contributed by atoms with van der Waals surface area (Å²) < 4.78 is 0. The van der Waals surface area contributed by atoms with E-state index in [4.69, 9.17) is 23.2 Å². The van der Waals surface area contributed by atoms with Gasteiger partial charge in [-0.1, -0.05) is 23.4 Å². The van der Waals surface area contributed by atoms with Crippen LogP contribution in [0.5, 0.6) is 0 Å². The highest BCUT2D eigenvalue weighted by molar-refractivity contribution is 6.35. The van der Waals surface area contributed by atoms with Crippen molar-refractivity contribution in [3.05, 3.63) is 29.0 Å². The monoisotopic (exact) mass is 224 g/mol. The summed E-state index contributed by atoms with van der Waals surface area (Å²) in [6, 6.07) is 1.74. The number of aromatic amines is 1. The number of nitrogens with zero attached hydrogens (tertiary/aromatic N) is 1. The van der Waals surface area contributed by atoms with Gasteiger partial charge < -0.3 is 4.98 Å².